The van der Waals surface area contributed by atoms with Gasteiger partial charge in [0, 0.05) is 16.5 Å². The lowest BCUT2D eigenvalue weighted by Gasteiger charge is -2.03. The number of nitrogens with zero attached hydrogens (tertiary/aromatic N) is 2. The van der Waals surface area contributed by atoms with Crippen LogP contribution in [0.25, 0.3) is 22.5 Å². The number of hydrogen-bond donors (Lipinski definition) is 2. The van der Waals surface area contributed by atoms with E-state index in [9.17, 15) is 9.18 Å². The number of aromatic nitrogens is 3. The standard InChI is InChI=1S/C19H13FN4OS/c20-14-8-4-7-13(9-14)16-11-26-19(22-16)23-18(25)15-10-21-24-17(15)12-5-2-1-3-6-12/h1-11H,(H,21,24)(H,22,23,25). The van der Waals surface area contributed by atoms with Gasteiger partial charge in [0.05, 0.1) is 23.1 Å². The second-order valence-corrected chi connectivity index (χ2v) is 6.39. The second-order valence-electron chi connectivity index (χ2n) is 5.53. The topological polar surface area (TPSA) is 70.7 Å². The normalized spacial score (nSPS) is 10.7. The first-order valence-corrected chi connectivity index (χ1v) is 8.70. The Balaban J connectivity index is 1.56. The number of carbonyl (C=O) groups excluding carboxylic acids is 1. The molecular weight excluding hydrogens is 351 g/mol. The Bertz CT molecular complexity index is 1060. The largest absolute Gasteiger partial charge is 0.298 e. The number of amides is 1. The maximum absolute atomic E-state index is 13.4. The number of thiazole rings is 1. The minimum atomic E-state index is -0.327. The molecule has 2 aromatic heterocycles. The van der Waals surface area contributed by atoms with Crippen LogP contribution in [0.4, 0.5) is 9.52 Å². The van der Waals surface area contributed by atoms with E-state index in [1.54, 1.807) is 17.5 Å². The highest BCUT2D eigenvalue weighted by Gasteiger charge is 2.17. The highest BCUT2D eigenvalue weighted by Crippen LogP contribution is 2.27. The molecule has 0 unspecified atom stereocenters. The summed E-state index contributed by atoms with van der Waals surface area (Å²) in [7, 11) is 0. The molecule has 5 nitrogen and oxygen atoms in total. The molecule has 4 rings (SSSR count). The zero-order valence-electron chi connectivity index (χ0n) is 13.4. The minimum Gasteiger partial charge on any atom is -0.298 e. The Morgan fingerprint density at radius 2 is 1.88 bits per heavy atom. The molecule has 0 saturated carbocycles. The van der Waals surface area contributed by atoms with Crippen molar-refractivity contribution in [1.82, 2.24) is 15.2 Å². The molecule has 2 N–H and O–H groups in total. The van der Waals surface area contributed by atoms with Crippen LogP contribution in [0.15, 0.2) is 66.2 Å². The van der Waals surface area contributed by atoms with Crippen molar-refractivity contribution >= 4 is 22.4 Å². The lowest BCUT2D eigenvalue weighted by Crippen LogP contribution is -2.12. The molecule has 0 aliphatic carbocycles. The summed E-state index contributed by atoms with van der Waals surface area (Å²) in [4.78, 5) is 17.0. The molecule has 4 aromatic rings. The SMILES string of the molecule is O=C(Nc1nc(-c2cccc(F)c2)cs1)c1cn[nH]c1-c1ccccc1. The molecule has 1 amide bonds. The van der Waals surface area contributed by atoms with E-state index in [-0.39, 0.29) is 11.7 Å². The van der Waals surface area contributed by atoms with Crippen LogP contribution in [0.3, 0.4) is 0 Å². The fraction of sp³-hybridized carbons (Fsp3) is 0. The summed E-state index contributed by atoms with van der Waals surface area (Å²) in [5.74, 6) is -0.635. The van der Waals surface area contributed by atoms with Crippen LogP contribution >= 0.6 is 11.3 Å². The predicted octanol–water partition coefficient (Wildman–Crippen LogP) is 4.59. The zero-order chi connectivity index (χ0) is 17.9. The molecule has 0 aliphatic rings. The molecule has 0 fully saturated rings. The van der Waals surface area contributed by atoms with Gasteiger partial charge in [-0.1, -0.05) is 42.5 Å². The Labute approximate surface area is 152 Å². The van der Waals surface area contributed by atoms with Gasteiger partial charge in [-0.25, -0.2) is 9.37 Å². The van der Waals surface area contributed by atoms with E-state index in [4.69, 9.17) is 0 Å². The van der Waals surface area contributed by atoms with Crippen LogP contribution in [0, 0.1) is 5.82 Å². The maximum atomic E-state index is 13.4. The summed E-state index contributed by atoms with van der Waals surface area (Å²) in [6.45, 7) is 0. The van der Waals surface area contributed by atoms with Crippen LogP contribution in [-0.4, -0.2) is 21.1 Å². The predicted molar refractivity (Wildman–Crippen MR) is 99.5 cm³/mol. The van der Waals surface area contributed by atoms with Crippen molar-refractivity contribution in [1.29, 1.82) is 0 Å². The van der Waals surface area contributed by atoms with Gasteiger partial charge in [-0.2, -0.15) is 5.10 Å². The lowest BCUT2D eigenvalue weighted by atomic mass is 10.1. The van der Waals surface area contributed by atoms with Crippen LogP contribution in [0.5, 0.6) is 0 Å². The third kappa shape index (κ3) is 3.25. The average Bonchev–Trinajstić information content (AvgIpc) is 3.32. The van der Waals surface area contributed by atoms with Gasteiger partial charge in [-0.05, 0) is 12.1 Å². The molecule has 2 aromatic carbocycles. The van der Waals surface area contributed by atoms with Gasteiger partial charge >= 0.3 is 0 Å². The summed E-state index contributed by atoms with van der Waals surface area (Å²) < 4.78 is 13.4. The van der Waals surface area contributed by atoms with E-state index in [0.717, 1.165) is 5.56 Å². The number of hydrogen-bond acceptors (Lipinski definition) is 4. The molecule has 0 saturated heterocycles. The molecule has 0 radical (unpaired) electrons. The van der Waals surface area contributed by atoms with Gasteiger partial charge in [-0.3, -0.25) is 15.2 Å². The van der Waals surface area contributed by atoms with Crippen molar-refractivity contribution in [2.75, 3.05) is 5.32 Å². The number of H-pyrrole nitrogens is 1. The smallest absolute Gasteiger partial charge is 0.261 e. The van der Waals surface area contributed by atoms with Crippen molar-refractivity contribution in [2.45, 2.75) is 0 Å². The number of nitrogens with one attached hydrogen (secondary N) is 2. The van der Waals surface area contributed by atoms with E-state index in [1.807, 2.05) is 30.3 Å². The molecule has 7 heteroatoms. The second kappa shape index (κ2) is 6.89. The molecule has 0 atom stereocenters. The van der Waals surface area contributed by atoms with Gasteiger partial charge in [0.2, 0.25) is 0 Å². The highest BCUT2D eigenvalue weighted by molar-refractivity contribution is 7.14. The van der Waals surface area contributed by atoms with Gasteiger partial charge in [0.1, 0.15) is 5.82 Å². The van der Waals surface area contributed by atoms with E-state index >= 15 is 0 Å². The molecule has 26 heavy (non-hydrogen) atoms. The Morgan fingerprint density at radius 3 is 2.69 bits per heavy atom. The van der Waals surface area contributed by atoms with E-state index in [2.05, 4.69) is 20.5 Å². The first-order valence-electron chi connectivity index (χ1n) is 7.82. The third-order valence-electron chi connectivity index (χ3n) is 3.79. The number of aromatic amines is 1. The van der Waals surface area contributed by atoms with Gasteiger partial charge < -0.3 is 0 Å². The maximum Gasteiger partial charge on any atom is 0.261 e. The van der Waals surface area contributed by atoms with Crippen molar-refractivity contribution in [2.24, 2.45) is 0 Å². The lowest BCUT2D eigenvalue weighted by molar-refractivity contribution is 0.102. The van der Waals surface area contributed by atoms with Crippen LogP contribution < -0.4 is 5.32 Å². The minimum absolute atomic E-state index is 0.308. The summed E-state index contributed by atoms with van der Waals surface area (Å²) >= 11 is 1.28. The molecule has 0 spiro atoms. The number of benzene rings is 2. The number of rotatable bonds is 4. The fourth-order valence-electron chi connectivity index (χ4n) is 2.56. The van der Waals surface area contributed by atoms with Crippen LogP contribution in [0.2, 0.25) is 0 Å². The summed E-state index contributed by atoms with van der Waals surface area (Å²) in [5, 5.41) is 11.8. The molecule has 0 bridgehead atoms. The van der Waals surface area contributed by atoms with E-state index in [1.165, 1.54) is 29.7 Å². The fourth-order valence-corrected chi connectivity index (χ4v) is 3.27. The highest BCUT2D eigenvalue weighted by atomic mass is 32.1. The molecular formula is C19H13FN4OS. The number of halogens is 1. The summed E-state index contributed by atoms with van der Waals surface area (Å²) in [5.41, 5.74) is 3.22. The van der Waals surface area contributed by atoms with Crippen LogP contribution in [0.1, 0.15) is 10.4 Å². The van der Waals surface area contributed by atoms with Crippen molar-refractivity contribution < 1.29 is 9.18 Å². The van der Waals surface area contributed by atoms with Gasteiger partial charge in [0.25, 0.3) is 5.91 Å². The number of carbonyl (C=O) groups is 1. The Kier molecular flexibility index (Phi) is 4.28. The van der Waals surface area contributed by atoms with Crippen molar-refractivity contribution in [3.63, 3.8) is 0 Å². The first-order chi connectivity index (χ1) is 12.7. The summed E-state index contributed by atoms with van der Waals surface area (Å²) in [6.07, 6.45) is 1.48. The average molecular weight is 364 g/mol. The van der Waals surface area contributed by atoms with E-state index in [0.29, 0.717) is 27.6 Å². The van der Waals surface area contributed by atoms with Gasteiger partial charge in [0.15, 0.2) is 5.13 Å². The summed E-state index contributed by atoms with van der Waals surface area (Å²) in [6, 6.07) is 15.7. The number of anilines is 1. The first kappa shape index (κ1) is 16.2. The Hall–Kier alpha value is -3.32. The third-order valence-corrected chi connectivity index (χ3v) is 4.55. The van der Waals surface area contributed by atoms with Crippen LogP contribution in [-0.2, 0) is 0 Å². The zero-order valence-corrected chi connectivity index (χ0v) is 14.3. The molecule has 2 heterocycles. The van der Waals surface area contributed by atoms with E-state index < -0.39 is 0 Å². The molecule has 0 aliphatic heterocycles. The van der Waals surface area contributed by atoms with Gasteiger partial charge in [-0.15, -0.1) is 11.3 Å². The van der Waals surface area contributed by atoms with Crippen molar-refractivity contribution in [3.05, 3.63) is 77.6 Å². The molecule has 128 valence electrons. The monoisotopic (exact) mass is 364 g/mol. The Morgan fingerprint density at radius 1 is 1.08 bits per heavy atom. The van der Waals surface area contributed by atoms with Crippen molar-refractivity contribution in [3.8, 4) is 22.5 Å². The quantitative estimate of drug-likeness (QED) is 0.556.